The Hall–Kier alpha value is -3.06. The summed E-state index contributed by atoms with van der Waals surface area (Å²) in [6.45, 7) is 0.256. The summed E-state index contributed by atoms with van der Waals surface area (Å²) in [7, 11) is 0. The van der Waals surface area contributed by atoms with Crippen molar-refractivity contribution in [2.24, 2.45) is 5.73 Å². The van der Waals surface area contributed by atoms with Gasteiger partial charge in [-0.25, -0.2) is 4.39 Å². The van der Waals surface area contributed by atoms with Gasteiger partial charge in [0.15, 0.2) is 5.82 Å². The molecule has 6 nitrogen and oxygen atoms in total. The summed E-state index contributed by atoms with van der Waals surface area (Å²) >= 11 is 0. The molecule has 1 aromatic carbocycles. The fourth-order valence-corrected chi connectivity index (χ4v) is 2.38. The molecule has 0 saturated carbocycles. The van der Waals surface area contributed by atoms with Crippen molar-refractivity contribution in [3.8, 4) is 22.4 Å². The largest absolute Gasteiger partial charge is 0.330 e. The van der Waals surface area contributed by atoms with Crippen LogP contribution in [0, 0.1) is 5.82 Å². The van der Waals surface area contributed by atoms with E-state index in [9.17, 15) is 9.18 Å². The van der Waals surface area contributed by atoms with Crippen LogP contribution in [0.25, 0.3) is 22.4 Å². The molecule has 1 amide bonds. The Labute approximate surface area is 137 Å². The Balaban J connectivity index is 2.08. The van der Waals surface area contributed by atoms with Crippen LogP contribution >= 0.6 is 0 Å². The second-order valence-electron chi connectivity index (χ2n) is 5.15. The molecule has 0 aliphatic heterocycles. The molecule has 7 heteroatoms. The van der Waals surface area contributed by atoms with Crippen LogP contribution in [0.1, 0.15) is 6.42 Å². The lowest BCUT2D eigenvalue weighted by atomic mass is 10.0. The van der Waals surface area contributed by atoms with Crippen LogP contribution in [0.15, 0.2) is 48.8 Å². The maximum atomic E-state index is 13.2. The highest BCUT2D eigenvalue weighted by atomic mass is 19.1. The van der Waals surface area contributed by atoms with E-state index < -0.39 is 0 Å². The summed E-state index contributed by atoms with van der Waals surface area (Å²) in [6.07, 6.45) is 3.51. The molecule has 0 bridgehead atoms. The second kappa shape index (κ2) is 7.01. The molecule has 2 heterocycles. The topological polar surface area (TPSA) is 96.7 Å². The molecule has 24 heavy (non-hydrogen) atoms. The third-order valence-corrected chi connectivity index (χ3v) is 3.50. The van der Waals surface area contributed by atoms with Crippen LogP contribution in [0.5, 0.6) is 0 Å². The second-order valence-corrected chi connectivity index (χ2v) is 5.15. The Kier molecular flexibility index (Phi) is 4.62. The third-order valence-electron chi connectivity index (χ3n) is 3.50. The SMILES string of the molecule is NCCC(=O)Nc1n[nH]c(-c2ccc(F)cc2)c1-c1ccncc1. The van der Waals surface area contributed by atoms with E-state index in [0.29, 0.717) is 11.5 Å². The maximum absolute atomic E-state index is 13.2. The van der Waals surface area contributed by atoms with Crippen molar-refractivity contribution >= 4 is 11.7 Å². The number of carbonyl (C=O) groups excluding carboxylic acids is 1. The molecule has 0 atom stereocenters. The van der Waals surface area contributed by atoms with E-state index in [4.69, 9.17) is 5.73 Å². The van der Waals surface area contributed by atoms with Gasteiger partial charge in [-0.05, 0) is 42.0 Å². The van der Waals surface area contributed by atoms with Gasteiger partial charge < -0.3 is 11.1 Å². The first-order valence-electron chi connectivity index (χ1n) is 7.43. The van der Waals surface area contributed by atoms with Crippen molar-refractivity contribution < 1.29 is 9.18 Å². The highest BCUT2D eigenvalue weighted by molar-refractivity contribution is 5.97. The minimum Gasteiger partial charge on any atom is -0.330 e. The lowest BCUT2D eigenvalue weighted by Gasteiger charge is -2.07. The summed E-state index contributed by atoms with van der Waals surface area (Å²) in [5.74, 6) is -0.135. The van der Waals surface area contributed by atoms with Gasteiger partial charge in [0.25, 0.3) is 0 Å². The molecule has 0 unspecified atom stereocenters. The zero-order chi connectivity index (χ0) is 16.9. The molecule has 0 saturated heterocycles. The minimum atomic E-state index is -0.319. The first-order chi connectivity index (χ1) is 11.7. The highest BCUT2D eigenvalue weighted by Crippen LogP contribution is 2.35. The van der Waals surface area contributed by atoms with Crippen molar-refractivity contribution in [2.45, 2.75) is 6.42 Å². The number of pyridine rings is 1. The monoisotopic (exact) mass is 325 g/mol. The molecule has 2 aromatic heterocycles. The molecule has 0 aliphatic carbocycles. The van der Waals surface area contributed by atoms with Crippen molar-refractivity contribution in [2.75, 3.05) is 11.9 Å². The number of nitrogens with one attached hydrogen (secondary N) is 2. The van der Waals surface area contributed by atoms with Gasteiger partial charge in [0.05, 0.1) is 11.3 Å². The smallest absolute Gasteiger partial charge is 0.226 e. The zero-order valence-corrected chi connectivity index (χ0v) is 12.8. The highest BCUT2D eigenvalue weighted by Gasteiger charge is 2.18. The first kappa shape index (κ1) is 15.8. The van der Waals surface area contributed by atoms with Gasteiger partial charge >= 0.3 is 0 Å². The molecule has 122 valence electrons. The van der Waals surface area contributed by atoms with Crippen molar-refractivity contribution in [3.05, 3.63) is 54.6 Å². The number of amides is 1. The van der Waals surface area contributed by atoms with Crippen molar-refractivity contribution in [1.82, 2.24) is 15.2 Å². The van der Waals surface area contributed by atoms with Crippen LogP contribution < -0.4 is 11.1 Å². The number of benzene rings is 1. The number of aromatic amines is 1. The Morgan fingerprint density at radius 1 is 1.12 bits per heavy atom. The fourth-order valence-electron chi connectivity index (χ4n) is 2.38. The summed E-state index contributed by atoms with van der Waals surface area (Å²) in [4.78, 5) is 15.9. The van der Waals surface area contributed by atoms with Crippen LogP contribution in [0.4, 0.5) is 10.2 Å². The van der Waals surface area contributed by atoms with Gasteiger partial charge in [0.2, 0.25) is 5.91 Å². The molecule has 0 fully saturated rings. The molecule has 3 aromatic rings. The molecule has 3 rings (SSSR count). The average molecular weight is 325 g/mol. The van der Waals surface area contributed by atoms with Gasteiger partial charge in [-0.1, -0.05) is 0 Å². The molecular formula is C17H16FN5O. The number of rotatable bonds is 5. The zero-order valence-electron chi connectivity index (χ0n) is 12.8. The summed E-state index contributed by atoms with van der Waals surface area (Å²) in [5, 5.41) is 9.87. The normalized spacial score (nSPS) is 10.6. The number of carbonyl (C=O) groups is 1. The standard InChI is InChI=1S/C17H16FN5O/c18-13-3-1-12(2-4-13)16-15(11-6-9-20-10-7-11)17(23-22-16)21-14(24)5-8-19/h1-4,6-7,9-10H,5,8,19H2,(H2,21,22,23,24). The van der Waals surface area contributed by atoms with E-state index in [2.05, 4.69) is 20.5 Å². The molecule has 4 N–H and O–H groups in total. The van der Waals surface area contributed by atoms with E-state index >= 15 is 0 Å². The fraction of sp³-hybridized carbons (Fsp3) is 0.118. The number of halogens is 1. The predicted octanol–water partition coefficient (Wildman–Crippen LogP) is 2.57. The quantitative estimate of drug-likeness (QED) is 0.671. The van der Waals surface area contributed by atoms with E-state index in [-0.39, 0.29) is 24.7 Å². The van der Waals surface area contributed by atoms with Crippen molar-refractivity contribution in [1.29, 1.82) is 0 Å². The molecule has 0 radical (unpaired) electrons. The van der Waals surface area contributed by atoms with E-state index in [1.807, 2.05) is 12.1 Å². The first-order valence-corrected chi connectivity index (χ1v) is 7.43. The van der Waals surface area contributed by atoms with Gasteiger partial charge in [0.1, 0.15) is 5.82 Å². The summed E-state index contributed by atoms with van der Waals surface area (Å²) in [5.41, 5.74) is 8.41. The summed E-state index contributed by atoms with van der Waals surface area (Å²) in [6, 6.07) is 9.68. The number of nitrogens with two attached hydrogens (primary N) is 1. The molecular weight excluding hydrogens is 309 g/mol. The van der Waals surface area contributed by atoms with Crippen LogP contribution in [-0.4, -0.2) is 27.6 Å². The minimum absolute atomic E-state index is 0.203. The van der Waals surface area contributed by atoms with Crippen molar-refractivity contribution in [3.63, 3.8) is 0 Å². The Morgan fingerprint density at radius 3 is 2.50 bits per heavy atom. The van der Waals surface area contributed by atoms with Crippen LogP contribution in [0.2, 0.25) is 0 Å². The van der Waals surface area contributed by atoms with Crippen LogP contribution in [0.3, 0.4) is 0 Å². The number of hydrogen-bond donors (Lipinski definition) is 3. The third kappa shape index (κ3) is 3.31. The lowest BCUT2D eigenvalue weighted by molar-refractivity contribution is -0.116. The average Bonchev–Trinajstić information content (AvgIpc) is 3.00. The molecule has 0 aliphatic rings. The number of H-pyrrole nitrogens is 1. The number of hydrogen-bond acceptors (Lipinski definition) is 4. The maximum Gasteiger partial charge on any atom is 0.226 e. The van der Waals surface area contributed by atoms with Gasteiger partial charge in [-0.3, -0.25) is 14.9 Å². The Morgan fingerprint density at radius 2 is 1.83 bits per heavy atom. The Bertz CT molecular complexity index is 830. The number of nitrogens with zero attached hydrogens (tertiary/aromatic N) is 2. The van der Waals surface area contributed by atoms with Gasteiger partial charge in [-0.2, -0.15) is 5.10 Å². The van der Waals surface area contributed by atoms with E-state index in [0.717, 1.165) is 16.7 Å². The molecule has 0 spiro atoms. The predicted molar refractivity (Wildman–Crippen MR) is 89.5 cm³/mol. The van der Waals surface area contributed by atoms with E-state index in [1.165, 1.54) is 12.1 Å². The summed E-state index contributed by atoms with van der Waals surface area (Å²) < 4.78 is 13.2. The number of anilines is 1. The van der Waals surface area contributed by atoms with Crippen LogP contribution in [-0.2, 0) is 4.79 Å². The number of aromatic nitrogens is 3. The lowest BCUT2D eigenvalue weighted by Crippen LogP contribution is -2.16. The van der Waals surface area contributed by atoms with E-state index in [1.54, 1.807) is 24.5 Å². The van der Waals surface area contributed by atoms with Gasteiger partial charge in [0, 0.05) is 30.9 Å². The van der Waals surface area contributed by atoms with Gasteiger partial charge in [-0.15, -0.1) is 0 Å².